The fourth-order valence-corrected chi connectivity index (χ4v) is 2.17. The van der Waals surface area contributed by atoms with Crippen LogP contribution in [0.1, 0.15) is 38.2 Å². The third-order valence-electron chi connectivity index (χ3n) is 3.07. The molecule has 1 aliphatic rings. The molecule has 1 aromatic rings. The van der Waals surface area contributed by atoms with Gasteiger partial charge in [0, 0.05) is 6.42 Å². The van der Waals surface area contributed by atoms with Crippen molar-refractivity contribution < 1.29 is 9.59 Å². The summed E-state index contributed by atoms with van der Waals surface area (Å²) in [5.74, 6) is -0.152. The highest BCUT2D eigenvalue weighted by Crippen LogP contribution is 2.29. The maximum absolute atomic E-state index is 12.0. The molecule has 0 aliphatic carbocycles. The summed E-state index contributed by atoms with van der Waals surface area (Å²) in [7, 11) is 0. The summed E-state index contributed by atoms with van der Waals surface area (Å²) >= 11 is 0. The third-order valence-corrected chi connectivity index (χ3v) is 3.07. The molecule has 0 atom stereocenters. The molecule has 0 fully saturated rings. The van der Waals surface area contributed by atoms with Gasteiger partial charge in [0.25, 0.3) is 0 Å². The summed E-state index contributed by atoms with van der Waals surface area (Å²) in [5.41, 5.74) is 1.74. The fourth-order valence-electron chi connectivity index (χ4n) is 2.17. The molecular weight excluding hydrogens is 214 g/mol. The molecule has 0 N–H and O–H groups in total. The van der Waals surface area contributed by atoms with E-state index >= 15 is 0 Å². The zero-order chi connectivity index (χ0) is 12.3. The van der Waals surface area contributed by atoms with Crippen LogP contribution >= 0.6 is 0 Å². The lowest BCUT2D eigenvalue weighted by Crippen LogP contribution is -2.33. The molecule has 1 heterocycles. The number of anilines is 1. The minimum atomic E-state index is -0.0901. The number of amides is 2. The van der Waals surface area contributed by atoms with Crippen LogP contribution < -0.4 is 4.90 Å². The van der Waals surface area contributed by atoms with Gasteiger partial charge in [-0.2, -0.15) is 0 Å². The predicted molar refractivity (Wildman–Crippen MR) is 66.8 cm³/mol. The number of rotatable bonds is 4. The van der Waals surface area contributed by atoms with Crippen molar-refractivity contribution in [3.8, 4) is 0 Å². The zero-order valence-corrected chi connectivity index (χ0v) is 10.1. The Kier molecular flexibility index (Phi) is 3.57. The van der Waals surface area contributed by atoms with E-state index in [1.54, 1.807) is 0 Å². The number of carbonyl (C=O) groups excluding carboxylic acids is 2. The summed E-state index contributed by atoms with van der Waals surface area (Å²) in [6.45, 7) is 2.10. The van der Waals surface area contributed by atoms with Crippen LogP contribution in [-0.2, 0) is 16.0 Å². The van der Waals surface area contributed by atoms with E-state index in [4.69, 9.17) is 0 Å². The lowest BCUT2D eigenvalue weighted by molar-refractivity contribution is -0.125. The molecule has 1 aromatic carbocycles. The molecule has 2 rings (SSSR count). The maximum Gasteiger partial charge on any atom is 0.238 e. The van der Waals surface area contributed by atoms with Crippen LogP contribution in [0.25, 0.3) is 0 Å². The number of fused-ring (bicyclic) bond motifs is 1. The average molecular weight is 231 g/mol. The molecule has 3 heteroatoms. The van der Waals surface area contributed by atoms with Gasteiger partial charge in [-0.1, -0.05) is 38.0 Å². The molecular formula is C14H17NO2. The summed E-state index contributed by atoms with van der Waals surface area (Å²) in [5, 5.41) is 0. The molecule has 0 spiro atoms. The first-order valence-corrected chi connectivity index (χ1v) is 6.17. The summed E-state index contributed by atoms with van der Waals surface area (Å²) in [4.78, 5) is 25.2. The van der Waals surface area contributed by atoms with E-state index in [2.05, 4.69) is 6.92 Å². The molecule has 0 saturated carbocycles. The van der Waals surface area contributed by atoms with Gasteiger partial charge in [-0.15, -0.1) is 0 Å². The Morgan fingerprint density at radius 2 is 2.06 bits per heavy atom. The molecule has 0 unspecified atom stereocenters. The quantitative estimate of drug-likeness (QED) is 0.747. The standard InChI is InChI=1S/C14H17NO2/c1-2-3-4-9-13(16)15-12-8-6-5-7-11(12)10-14(15)17/h5-8H,2-4,9-10H2,1H3. The Hall–Kier alpha value is -1.64. The Morgan fingerprint density at radius 1 is 1.29 bits per heavy atom. The number of hydrogen-bond donors (Lipinski definition) is 0. The molecule has 17 heavy (non-hydrogen) atoms. The fraction of sp³-hybridized carbons (Fsp3) is 0.429. The van der Waals surface area contributed by atoms with Crippen molar-refractivity contribution in [2.75, 3.05) is 4.90 Å². The number of unbranched alkanes of at least 4 members (excludes halogenated alkanes) is 2. The van der Waals surface area contributed by atoms with E-state index < -0.39 is 0 Å². The second-order valence-electron chi connectivity index (χ2n) is 4.39. The number of para-hydroxylation sites is 1. The van der Waals surface area contributed by atoms with Gasteiger partial charge in [0.15, 0.2) is 0 Å². The topological polar surface area (TPSA) is 37.4 Å². The zero-order valence-electron chi connectivity index (χ0n) is 10.1. The highest BCUT2D eigenvalue weighted by atomic mass is 16.2. The van der Waals surface area contributed by atoms with Crippen LogP contribution in [0.3, 0.4) is 0 Å². The van der Waals surface area contributed by atoms with Crippen molar-refractivity contribution in [3.63, 3.8) is 0 Å². The molecule has 2 amide bonds. The first-order valence-electron chi connectivity index (χ1n) is 6.17. The highest BCUT2D eigenvalue weighted by molar-refractivity contribution is 6.19. The first-order chi connectivity index (χ1) is 8.24. The number of benzene rings is 1. The van der Waals surface area contributed by atoms with Gasteiger partial charge in [0.05, 0.1) is 12.1 Å². The number of imide groups is 1. The molecule has 0 saturated heterocycles. The van der Waals surface area contributed by atoms with E-state index in [9.17, 15) is 9.59 Å². The van der Waals surface area contributed by atoms with Crippen LogP contribution in [0, 0.1) is 0 Å². The lowest BCUT2D eigenvalue weighted by atomic mass is 10.1. The third kappa shape index (κ3) is 2.38. The highest BCUT2D eigenvalue weighted by Gasteiger charge is 2.31. The van der Waals surface area contributed by atoms with Gasteiger partial charge >= 0.3 is 0 Å². The van der Waals surface area contributed by atoms with Crippen molar-refractivity contribution >= 4 is 17.5 Å². The Bertz CT molecular complexity index is 440. The average Bonchev–Trinajstić information content (AvgIpc) is 2.65. The minimum Gasteiger partial charge on any atom is -0.274 e. The summed E-state index contributed by atoms with van der Waals surface area (Å²) in [6, 6.07) is 7.52. The summed E-state index contributed by atoms with van der Waals surface area (Å²) in [6.07, 6.45) is 3.80. The van der Waals surface area contributed by atoms with Crippen LogP contribution in [-0.4, -0.2) is 11.8 Å². The molecule has 90 valence electrons. The Morgan fingerprint density at radius 3 is 2.82 bits per heavy atom. The monoisotopic (exact) mass is 231 g/mol. The van der Waals surface area contributed by atoms with Crippen molar-refractivity contribution in [1.82, 2.24) is 0 Å². The van der Waals surface area contributed by atoms with E-state index in [0.29, 0.717) is 12.8 Å². The smallest absolute Gasteiger partial charge is 0.238 e. The first kappa shape index (κ1) is 11.8. The van der Waals surface area contributed by atoms with Gasteiger partial charge in [-0.05, 0) is 18.1 Å². The normalized spacial score (nSPS) is 13.9. The summed E-state index contributed by atoms with van der Waals surface area (Å²) < 4.78 is 0. The van der Waals surface area contributed by atoms with Gasteiger partial charge in [-0.25, -0.2) is 4.90 Å². The Balaban J connectivity index is 2.10. The van der Waals surface area contributed by atoms with Crippen LogP contribution in [0.5, 0.6) is 0 Å². The predicted octanol–water partition coefficient (Wildman–Crippen LogP) is 2.68. The lowest BCUT2D eigenvalue weighted by Gasteiger charge is -2.15. The van der Waals surface area contributed by atoms with E-state index in [1.165, 1.54) is 4.90 Å². The number of hydrogen-bond acceptors (Lipinski definition) is 2. The molecule has 0 aromatic heterocycles. The van der Waals surface area contributed by atoms with E-state index in [1.807, 2.05) is 24.3 Å². The number of nitrogens with zero attached hydrogens (tertiary/aromatic N) is 1. The SMILES string of the molecule is CCCCCC(=O)N1C(=O)Cc2ccccc21. The molecule has 0 radical (unpaired) electrons. The van der Waals surface area contributed by atoms with Gasteiger partial charge in [-0.3, -0.25) is 9.59 Å². The van der Waals surface area contributed by atoms with E-state index in [0.717, 1.165) is 30.5 Å². The largest absolute Gasteiger partial charge is 0.274 e. The van der Waals surface area contributed by atoms with Crippen molar-refractivity contribution in [2.45, 2.75) is 39.0 Å². The van der Waals surface area contributed by atoms with Crippen molar-refractivity contribution in [3.05, 3.63) is 29.8 Å². The number of carbonyl (C=O) groups is 2. The maximum atomic E-state index is 12.0. The van der Waals surface area contributed by atoms with Gasteiger partial charge in [0.2, 0.25) is 11.8 Å². The van der Waals surface area contributed by atoms with E-state index in [-0.39, 0.29) is 11.8 Å². The van der Waals surface area contributed by atoms with Crippen molar-refractivity contribution in [2.24, 2.45) is 0 Å². The second kappa shape index (κ2) is 5.13. The molecule has 0 bridgehead atoms. The second-order valence-corrected chi connectivity index (χ2v) is 4.39. The minimum absolute atomic E-state index is 0.0617. The van der Waals surface area contributed by atoms with Crippen LogP contribution in [0.2, 0.25) is 0 Å². The molecule has 3 nitrogen and oxygen atoms in total. The van der Waals surface area contributed by atoms with Gasteiger partial charge < -0.3 is 0 Å². The van der Waals surface area contributed by atoms with Gasteiger partial charge in [0.1, 0.15) is 0 Å². The van der Waals surface area contributed by atoms with Crippen LogP contribution in [0.15, 0.2) is 24.3 Å². The van der Waals surface area contributed by atoms with Crippen molar-refractivity contribution in [1.29, 1.82) is 0 Å². The molecule has 1 aliphatic heterocycles. The Labute approximate surface area is 101 Å². The van der Waals surface area contributed by atoms with Crippen LogP contribution in [0.4, 0.5) is 5.69 Å².